The molecule has 1 aliphatic heterocycles. The highest BCUT2D eigenvalue weighted by atomic mass is 16.7. The summed E-state index contributed by atoms with van der Waals surface area (Å²) < 4.78 is 11.5. The summed E-state index contributed by atoms with van der Waals surface area (Å²) in [6.45, 7) is 1.46. The van der Waals surface area contributed by atoms with Gasteiger partial charge < -0.3 is 9.47 Å². The molecule has 1 saturated heterocycles. The highest BCUT2D eigenvalue weighted by Gasteiger charge is 2.51. The van der Waals surface area contributed by atoms with Crippen molar-refractivity contribution in [1.29, 1.82) is 0 Å². The molecule has 0 N–H and O–H groups in total. The van der Waals surface area contributed by atoms with E-state index in [1.165, 1.54) is 0 Å². The van der Waals surface area contributed by atoms with Gasteiger partial charge in [0.15, 0.2) is 5.79 Å². The van der Waals surface area contributed by atoms with Crippen LogP contribution in [-0.4, -0.2) is 24.8 Å². The molecule has 0 aromatic heterocycles. The van der Waals surface area contributed by atoms with E-state index in [-0.39, 0.29) is 5.79 Å². The van der Waals surface area contributed by atoms with Gasteiger partial charge in [0, 0.05) is 24.7 Å². The first-order valence-corrected chi connectivity index (χ1v) is 5.61. The molecule has 2 aliphatic carbocycles. The second kappa shape index (κ2) is 3.04. The Kier molecular flexibility index (Phi) is 1.92. The number of ether oxygens (including phenoxy) is 2. The zero-order chi connectivity index (χ0) is 9.60. The number of hydrogen-bond donors (Lipinski definition) is 0. The minimum Gasteiger partial charge on any atom is -0.347 e. The largest absolute Gasteiger partial charge is 0.347 e. The number of rotatable bonds is 0. The second-order valence-corrected chi connectivity index (χ2v) is 4.68. The van der Waals surface area contributed by atoms with E-state index in [9.17, 15) is 4.79 Å². The average Bonchev–Trinajstić information content (AvgIpc) is 2.66. The molecule has 2 unspecified atom stereocenters. The molecule has 3 heteroatoms. The summed E-state index contributed by atoms with van der Waals surface area (Å²) in [5, 5.41) is 0. The number of Topliss-reactive ketones (excluding diaryl/α,β-unsaturated/α-hetero) is 1. The third kappa shape index (κ3) is 1.15. The van der Waals surface area contributed by atoms with Gasteiger partial charge in [-0.2, -0.15) is 0 Å². The minimum atomic E-state index is -0.294. The molecule has 0 aromatic rings. The van der Waals surface area contributed by atoms with Gasteiger partial charge in [-0.05, 0) is 19.3 Å². The molecule has 14 heavy (non-hydrogen) atoms. The van der Waals surface area contributed by atoms with Crippen molar-refractivity contribution in [2.75, 3.05) is 13.2 Å². The van der Waals surface area contributed by atoms with Crippen LogP contribution in [0.15, 0.2) is 0 Å². The molecule has 0 amide bonds. The SMILES string of the molecule is O=C1CCC2CC1CCC21OCCO1. The van der Waals surface area contributed by atoms with Crippen molar-refractivity contribution in [2.24, 2.45) is 11.8 Å². The van der Waals surface area contributed by atoms with Crippen LogP contribution in [0.25, 0.3) is 0 Å². The van der Waals surface area contributed by atoms with Gasteiger partial charge in [-0.1, -0.05) is 0 Å². The lowest BCUT2D eigenvalue weighted by Gasteiger charge is -2.44. The number of ketones is 1. The van der Waals surface area contributed by atoms with Gasteiger partial charge in [-0.15, -0.1) is 0 Å². The molecule has 2 saturated carbocycles. The Balaban J connectivity index is 1.82. The molecule has 2 bridgehead atoms. The topological polar surface area (TPSA) is 35.5 Å². The van der Waals surface area contributed by atoms with Gasteiger partial charge in [0.05, 0.1) is 13.2 Å². The van der Waals surface area contributed by atoms with Gasteiger partial charge in [0.1, 0.15) is 5.78 Å². The normalized spacial score (nSPS) is 40.4. The quantitative estimate of drug-likeness (QED) is 0.589. The van der Waals surface area contributed by atoms with Crippen LogP contribution in [0, 0.1) is 11.8 Å². The summed E-state index contributed by atoms with van der Waals surface area (Å²) >= 11 is 0. The predicted molar refractivity (Wildman–Crippen MR) is 49.7 cm³/mol. The van der Waals surface area contributed by atoms with Gasteiger partial charge in [0.25, 0.3) is 0 Å². The Morgan fingerprint density at radius 2 is 2.00 bits per heavy atom. The Morgan fingerprint density at radius 3 is 2.79 bits per heavy atom. The third-order valence-corrected chi connectivity index (χ3v) is 4.00. The smallest absolute Gasteiger partial charge is 0.171 e. The molecular formula is C11H16O3. The van der Waals surface area contributed by atoms with Gasteiger partial charge in [-0.3, -0.25) is 4.79 Å². The molecule has 0 radical (unpaired) electrons. The van der Waals surface area contributed by atoms with Crippen molar-refractivity contribution < 1.29 is 14.3 Å². The summed E-state index contributed by atoms with van der Waals surface area (Å²) in [4.78, 5) is 11.5. The molecule has 1 heterocycles. The Hall–Kier alpha value is -0.410. The Labute approximate surface area is 83.8 Å². The summed E-state index contributed by atoms with van der Waals surface area (Å²) in [7, 11) is 0. The van der Waals surface area contributed by atoms with E-state index < -0.39 is 0 Å². The number of carbonyl (C=O) groups excluding carboxylic acids is 1. The molecule has 0 aromatic carbocycles. The highest BCUT2D eigenvalue weighted by Crippen LogP contribution is 2.47. The van der Waals surface area contributed by atoms with Gasteiger partial charge >= 0.3 is 0 Å². The van der Waals surface area contributed by atoms with Crippen molar-refractivity contribution in [1.82, 2.24) is 0 Å². The first kappa shape index (κ1) is 8.86. The van der Waals surface area contributed by atoms with E-state index in [1.807, 2.05) is 0 Å². The van der Waals surface area contributed by atoms with Gasteiger partial charge in [-0.25, -0.2) is 0 Å². The fraction of sp³-hybridized carbons (Fsp3) is 0.909. The fourth-order valence-electron chi connectivity index (χ4n) is 3.22. The molecular weight excluding hydrogens is 180 g/mol. The maximum absolute atomic E-state index is 11.5. The maximum atomic E-state index is 11.5. The van der Waals surface area contributed by atoms with E-state index in [2.05, 4.69) is 0 Å². The van der Waals surface area contributed by atoms with E-state index in [0.29, 0.717) is 17.6 Å². The molecule has 3 nitrogen and oxygen atoms in total. The lowest BCUT2D eigenvalue weighted by atomic mass is 9.68. The second-order valence-electron chi connectivity index (χ2n) is 4.68. The van der Waals surface area contributed by atoms with E-state index in [1.54, 1.807) is 0 Å². The average molecular weight is 196 g/mol. The van der Waals surface area contributed by atoms with Gasteiger partial charge in [0.2, 0.25) is 0 Å². The highest BCUT2D eigenvalue weighted by molar-refractivity contribution is 5.82. The molecule has 2 atom stereocenters. The van der Waals surface area contributed by atoms with Crippen molar-refractivity contribution in [3.8, 4) is 0 Å². The van der Waals surface area contributed by atoms with Crippen molar-refractivity contribution >= 4 is 5.78 Å². The first-order valence-electron chi connectivity index (χ1n) is 5.61. The van der Waals surface area contributed by atoms with Crippen LogP contribution < -0.4 is 0 Å². The molecule has 3 rings (SSSR count). The van der Waals surface area contributed by atoms with Crippen molar-refractivity contribution in [3.05, 3.63) is 0 Å². The molecule has 1 spiro atoms. The van der Waals surface area contributed by atoms with Crippen LogP contribution in [0.4, 0.5) is 0 Å². The monoisotopic (exact) mass is 196 g/mol. The van der Waals surface area contributed by atoms with Crippen LogP contribution in [0.3, 0.4) is 0 Å². The van der Waals surface area contributed by atoms with Crippen LogP contribution in [-0.2, 0) is 14.3 Å². The van der Waals surface area contributed by atoms with E-state index >= 15 is 0 Å². The van der Waals surface area contributed by atoms with Crippen LogP contribution in [0.5, 0.6) is 0 Å². The third-order valence-electron chi connectivity index (χ3n) is 4.00. The zero-order valence-electron chi connectivity index (χ0n) is 8.33. The number of fused-ring (bicyclic) bond motifs is 3. The fourth-order valence-corrected chi connectivity index (χ4v) is 3.22. The Bertz CT molecular complexity index is 255. The van der Waals surface area contributed by atoms with Crippen LogP contribution in [0.1, 0.15) is 32.1 Å². The minimum absolute atomic E-state index is 0.294. The summed E-state index contributed by atoms with van der Waals surface area (Å²) in [6.07, 6.45) is 4.60. The first-order chi connectivity index (χ1) is 6.80. The predicted octanol–water partition coefficient (Wildman–Crippen LogP) is 1.51. The standard InChI is InChI=1S/C11H16O3/c12-10-2-1-9-7-8(10)3-4-11(9)13-5-6-14-11/h8-9H,1-7H2. The van der Waals surface area contributed by atoms with Crippen molar-refractivity contribution in [2.45, 2.75) is 37.9 Å². The number of hydrogen-bond acceptors (Lipinski definition) is 3. The molecule has 3 aliphatic rings. The van der Waals surface area contributed by atoms with Crippen LogP contribution in [0.2, 0.25) is 0 Å². The van der Waals surface area contributed by atoms with Crippen molar-refractivity contribution in [3.63, 3.8) is 0 Å². The van der Waals surface area contributed by atoms with Crippen LogP contribution >= 0.6 is 0 Å². The zero-order valence-corrected chi connectivity index (χ0v) is 8.33. The Morgan fingerprint density at radius 1 is 1.21 bits per heavy atom. The van der Waals surface area contributed by atoms with E-state index in [4.69, 9.17) is 9.47 Å². The lowest BCUT2D eigenvalue weighted by Crippen LogP contribution is -2.48. The maximum Gasteiger partial charge on any atom is 0.171 e. The lowest BCUT2D eigenvalue weighted by molar-refractivity contribution is -0.224. The molecule has 78 valence electrons. The summed E-state index contributed by atoms with van der Waals surface area (Å²) in [5.41, 5.74) is 0. The summed E-state index contributed by atoms with van der Waals surface area (Å²) in [5.74, 6) is 0.958. The molecule has 3 fully saturated rings. The number of carbonyl (C=O) groups is 1. The summed E-state index contributed by atoms with van der Waals surface area (Å²) in [6, 6.07) is 0. The van der Waals surface area contributed by atoms with E-state index in [0.717, 1.165) is 45.3 Å².